The van der Waals surface area contributed by atoms with Crippen molar-refractivity contribution in [3.63, 3.8) is 0 Å². The lowest BCUT2D eigenvalue weighted by molar-refractivity contribution is -0.124. The number of amides is 1. The van der Waals surface area contributed by atoms with Crippen LogP contribution >= 0.6 is 0 Å². The van der Waals surface area contributed by atoms with Crippen molar-refractivity contribution in [1.82, 2.24) is 15.3 Å². The highest BCUT2D eigenvalue weighted by Crippen LogP contribution is 2.13. The van der Waals surface area contributed by atoms with Crippen LogP contribution in [0.5, 0.6) is 0 Å². The number of hydrogen-bond acceptors (Lipinski definition) is 4. The van der Waals surface area contributed by atoms with Gasteiger partial charge in [0.1, 0.15) is 0 Å². The number of nitrogens with one attached hydrogen (secondary N) is 1. The van der Waals surface area contributed by atoms with Crippen molar-refractivity contribution in [2.24, 2.45) is 0 Å². The monoisotopic (exact) mass is 327 g/mol. The van der Waals surface area contributed by atoms with Gasteiger partial charge < -0.3 is 4.90 Å². The SMILES string of the molecule is C=C/C=C(\C)N1CCN(Cc2ccc(/C=C/C(=O)NO)cc2)CC1. The lowest BCUT2D eigenvalue weighted by Gasteiger charge is -2.36. The molecule has 2 rings (SSSR count). The van der Waals surface area contributed by atoms with Crippen LogP contribution in [0.15, 0.2) is 54.8 Å². The van der Waals surface area contributed by atoms with Gasteiger partial charge in [-0.15, -0.1) is 0 Å². The quantitative estimate of drug-likeness (QED) is 0.365. The molecule has 5 nitrogen and oxygen atoms in total. The predicted molar refractivity (Wildman–Crippen MR) is 96.2 cm³/mol. The van der Waals surface area contributed by atoms with Crippen molar-refractivity contribution in [3.05, 3.63) is 65.9 Å². The predicted octanol–water partition coefficient (Wildman–Crippen LogP) is 2.41. The first-order valence-corrected chi connectivity index (χ1v) is 8.10. The molecule has 0 aromatic heterocycles. The number of carbonyl (C=O) groups excluding carboxylic acids is 1. The second-order valence-electron chi connectivity index (χ2n) is 5.86. The van der Waals surface area contributed by atoms with Gasteiger partial charge in [-0.1, -0.05) is 36.9 Å². The minimum atomic E-state index is -0.530. The fourth-order valence-electron chi connectivity index (χ4n) is 2.74. The molecule has 0 spiro atoms. The molecule has 1 aliphatic rings. The molecule has 1 fully saturated rings. The summed E-state index contributed by atoms with van der Waals surface area (Å²) in [4.78, 5) is 15.8. The Balaban J connectivity index is 1.85. The highest BCUT2D eigenvalue weighted by Gasteiger charge is 2.16. The number of allylic oxidation sites excluding steroid dienone is 3. The van der Waals surface area contributed by atoms with Crippen molar-refractivity contribution < 1.29 is 10.0 Å². The van der Waals surface area contributed by atoms with E-state index in [-0.39, 0.29) is 0 Å². The van der Waals surface area contributed by atoms with Gasteiger partial charge in [-0.3, -0.25) is 14.9 Å². The fraction of sp³-hybridized carbons (Fsp3) is 0.316. The highest BCUT2D eigenvalue weighted by molar-refractivity contribution is 5.90. The number of benzene rings is 1. The molecular weight excluding hydrogens is 302 g/mol. The van der Waals surface area contributed by atoms with Gasteiger partial charge in [0.05, 0.1) is 0 Å². The molecule has 0 saturated carbocycles. The molecule has 1 saturated heterocycles. The highest BCUT2D eigenvalue weighted by atomic mass is 16.5. The molecule has 0 bridgehead atoms. The topological polar surface area (TPSA) is 55.8 Å². The molecule has 0 atom stereocenters. The Morgan fingerprint density at radius 2 is 1.92 bits per heavy atom. The van der Waals surface area contributed by atoms with E-state index in [4.69, 9.17) is 5.21 Å². The molecule has 1 heterocycles. The first-order chi connectivity index (χ1) is 11.6. The number of hydrogen-bond donors (Lipinski definition) is 2. The average molecular weight is 327 g/mol. The van der Waals surface area contributed by atoms with Gasteiger partial charge in [0.2, 0.25) is 0 Å². The summed E-state index contributed by atoms with van der Waals surface area (Å²) < 4.78 is 0. The van der Waals surface area contributed by atoms with Crippen LogP contribution in [0.1, 0.15) is 18.1 Å². The summed E-state index contributed by atoms with van der Waals surface area (Å²) in [5.74, 6) is -0.530. The third-order valence-electron chi connectivity index (χ3n) is 4.15. The van der Waals surface area contributed by atoms with Gasteiger partial charge in [-0.05, 0) is 30.2 Å². The standard InChI is InChI=1S/C19H25N3O2/c1-3-4-16(2)22-13-11-21(12-14-22)15-18-7-5-17(6-8-18)9-10-19(23)20-24/h3-10,24H,1,11-15H2,2H3,(H,20,23)/b10-9+,16-4+. The van der Waals surface area contributed by atoms with E-state index in [1.807, 2.05) is 18.2 Å². The van der Waals surface area contributed by atoms with Crippen LogP contribution < -0.4 is 5.48 Å². The summed E-state index contributed by atoms with van der Waals surface area (Å²) in [5, 5.41) is 8.45. The molecule has 1 amide bonds. The molecular formula is C19H25N3O2. The van der Waals surface area contributed by atoms with E-state index in [0.717, 1.165) is 38.3 Å². The van der Waals surface area contributed by atoms with Crippen molar-refractivity contribution >= 4 is 12.0 Å². The third kappa shape index (κ3) is 5.37. The Labute approximate surface area is 143 Å². The second kappa shape index (κ2) is 9.05. The van der Waals surface area contributed by atoms with Gasteiger partial charge in [-0.25, -0.2) is 5.48 Å². The smallest absolute Gasteiger partial charge is 0.267 e. The lowest BCUT2D eigenvalue weighted by Crippen LogP contribution is -2.44. The number of rotatable bonds is 6. The summed E-state index contributed by atoms with van der Waals surface area (Å²) in [7, 11) is 0. The fourth-order valence-corrected chi connectivity index (χ4v) is 2.74. The van der Waals surface area contributed by atoms with E-state index in [2.05, 4.69) is 41.5 Å². The van der Waals surface area contributed by atoms with Crippen molar-refractivity contribution in [3.8, 4) is 0 Å². The van der Waals surface area contributed by atoms with Gasteiger partial charge >= 0.3 is 0 Å². The first-order valence-electron chi connectivity index (χ1n) is 8.10. The van der Waals surface area contributed by atoms with Crippen molar-refractivity contribution in [1.29, 1.82) is 0 Å². The van der Waals surface area contributed by atoms with Crippen LogP contribution in [0.3, 0.4) is 0 Å². The Kier molecular flexibility index (Phi) is 6.78. The molecule has 0 aliphatic carbocycles. The number of hydroxylamine groups is 1. The molecule has 128 valence electrons. The van der Waals surface area contributed by atoms with Crippen molar-refractivity contribution in [2.45, 2.75) is 13.5 Å². The van der Waals surface area contributed by atoms with E-state index >= 15 is 0 Å². The minimum absolute atomic E-state index is 0.530. The van der Waals surface area contributed by atoms with E-state index < -0.39 is 5.91 Å². The van der Waals surface area contributed by atoms with Crippen LogP contribution in [-0.2, 0) is 11.3 Å². The van der Waals surface area contributed by atoms with Crippen LogP contribution in [0.4, 0.5) is 0 Å². The Morgan fingerprint density at radius 1 is 1.25 bits per heavy atom. The van der Waals surface area contributed by atoms with E-state index in [1.54, 1.807) is 11.6 Å². The molecule has 1 aromatic rings. The van der Waals surface area contributed by atoms with Crippen LogP contribution in [0.25, 0.3) is 6.08 Å². The molecule has 0 unspecified atom stereocenters. The Morgan fingerprint density at radius 3 is 2.50 bits per heavy atom. The number of carbonyl (C=O) groups is 1. The summed E-state index contributed by atoms with van der Waals surface area (Å²) >= 11 is 0. The van der Waals surface area contributed by atoms with E-state index in [1.165, 1.54) is 17.3 Å². The molecule has 0 radical (unpaired) electrons. The largest absolute Gasteiger partial charge is 0.372 e. The number of nitrogens with zero attached hydrogens (tertiary/aromatic N) is 2. The van der Waals surface area contributed by atoms with Gasteiger partial charge in [0.15, 0.2) is 0 Å². The number of piperazine rings is 1. The molecule has 1 aromatic carbocycles. The van der Waals surface area contributed by atoms with E-state index in [0.29, 0.717) is 0 Å². The first kappa shape index (κ1) is 18.0. The van der Waals surface area contributed by atoms with E-state index in [9.17, 15) is 4.79 Å². The minimum Gasteiger partial charge on any atom is -0.372 e. The molecule has 5 heteroatoms. The maximum absolute atomic E-state index is 11.0. The lowest BCUT2D eigenvalue weighted by atomic mass is 10.1. The Hall–Kier alpha value is -2.37. The van der Waals surface area contributed by atoms with Crippen LogP contribution in [0.2, 0.25) is 0 Å². The second-order valence-corrected chi connectivity index (χ2v) is 5.86. The molecule has 1 aliphatic heterocycles. The van der Waals surface area contributed by atoms with Crippen LogP contribution in [-0.4, -0.2) is 47.1 Å². The maximum atomic E-state index is 11.0. The van der Waals surface area contributed by atoms with Crippen molar-refractivity contribution in [2.75, 3.05) is 26.2 Å². The zero-order chi connectivity index (χ0) is 17.4. The Bertz CT molecular complexity index is 612. The summed E-state index contributed by atoms with van der Waals surface area (Å²) in [6.07, 6.45) is 6.86. The van der Waals surface area contributed by atoms with Gasteiger partial charge in [0.25, 0.3) is 5.91 Å². The normalized spacial score (nSPS) is 16.4. The third-order valence-corrected chi connectivity index (χ3v) is 4.15. The molecule has 2 N–H and O–H groups in total. The van der Waals surface area contributed by atoms with Gasteiger partial charge in [-0.2, -0.15) is 0 Å². The maximum Gasteiger partial charge on any atom is 0.267 e. The van der Waals surface area contributed by atoms with Gasteiger partial charge in [0, 0.05) is 44.5 Å². The molecule has 24 heavy (non-hydrogen) atoms. The summed E-state index contributed by atoms with van der Waals surface area (Å²) in [5.41, 5.74) is 5.03. The summed E-state index contributed by atoms with van der Waals surface area (Å²) in [6, 6.07) is 8.10. The average Bonchev–Trinajstić information content (AvgIpc) is 2.61. The van der Waals surface area contributed by atoms with Crippen LogP contribution in [0, 0.1) is 0 Å². The zero-order valence-corrected chi connectivity index (χ0v) is 14.1. The summed E-state index contributed by atoms with van der Waals surface area (Å²) in [6.45, 7) is 11.0. The zero-order valence-electron chi connectivity index (χ0n) is 14.1.